The summed E-state index contributed by atoms with van der Waals surface area (Å²) in [5, 5.41) is 8.95. The molecule has 94 valence electrons. The van der Waals surface area contributed by atoms with Gasteiger partial charge in [-0.1, -0.05) is 0 Å². The Balaban J connectivity index is 6.17. The van der Waals surface area contributed by atoms with Crippen molar-refractivity contribution in [1.29, 1.82) is 0 Å². The Bertz CT molecular complexity index is 356. The molecule has 0 aliphatic rings. The van der Waals surface area contributed by atoms with Gasteiger partial charge in [0, 0.05) is 0 Å². The summed E-state index contributed by atoms with van der Waals surface area (Å²) in [5.41, 5.74) is -2.41. The number of carboxylic acid groups (broad SMARTS) is 1. The summed E-state index contributed by atoms with van der Waals surface area (Å²) in [6.07, 6.45) is 0. The molecule has 0 saturated heterocycles. The monoisotopic (exact) mass is 242 g/mol. The molecule has 0 rings (SSSR count). The quantitative estimate of drug-likeness (QED) is 0.658. The van der Waals surface area contributed by atoms with E-state index in [2.05, 4.69) is 0 Å². The highest BCUT2D eigenvalue weighted by Gasteiger charge is 2.57. The maximum atomic E-state index is 11.5. The second-order valence-corrected chi connectivity index (χ2v) is 3.86. The second-order valence-electron chi connectivity index (χ2n) is 3.86. The smallest absolute Gasteiger partial charge is 0.316 e. The minimum Gasteiger partial charge on any atom is -0.481 e. The van der Waals surface area contributed by atoms with Crippen LogP contribution in [0.15, 0.2) is 0 Å². The topological polar surface area (TPSA) is 106 Å². The van der Waals surface area contributed by atoms with E-state index < -0.39 is 40.4 Å². The third-order valence-corrected chi connectivity index (χ3v) is 2.75. The average molecular weight is 242 g/mol. The summed E-state index contributed by atoms with van der Waals surface area (Å²) in [7, 11) is 0. The van der Waals surface area contributed by atoms with Gasteiger partial charge in [0.05, 0.1) is 0 Å². The Hall–Kier alpha value is -1.85. The maximum Gasteiger partial charge on any atom is 0.316 e. The number of Topliss-reactive ketones (excluding diaryl/α,β-unsaturated/α-hetero) is 4. The standard InChI is InChI=1S/C11H14O6/c1-5(12)9(10(16)17)11(6(2)13,7(3)14)8(4)15/h9H,1-4H3,(H,16,17). The molecular formula is C11H14O6. The van der Waals surface area contributed by atoms with Gasteiger partial charge in [0.25, 0.3) is 0 Å². The van der Waals surface area contributed by atoms with Gasteiger partial charge in [0.2, 0.25) is 0 Å². The van der Waals surface area contributed by atoms with Crippen LogP contribution in [-0.2, 0) is 24.0 Å². The first-order valence-electron chi connectivity index (χ1n) is 4.86. The lowest BCUT2D eigenvalue weighted by Gasteiger charge is -2.30. The largest absolute Gasteiger partial charge is 0.481 e. The van der Waals surface area contributed by atoms with Crippen molar-refractivity contribution in [3.63, 3.8) is 0 Å². The maximum absolute atomic E-state index is 11.5. The van der Waals surface area contributed by atoms with Crippen LogP contribution in [-0.4, -0.2) is 34.2 Å². The molecule has 0 aliphatic heterocycles. The number of hydrogen-bond acceptors (Lipinski definition) is 5. The van der Waals surface area contributed by atoms with E-state index in [1.165, 1.54) is 0 Å². The fourth-order valence-electron chi connectivity index (χ4n) is 2.02. The molecular weight excluding hydrogens is 228 g/mol. The lowest BCUT2D eigenvalue weighted by atomic mass is 9.65. The van der Waals surface area contributed by atoms with Gasteiger partial charge in [0.1, 0.15) is 11.7 Å². The molecule has 0 aliphatic carbocycles. The Morgan fingerprint density at radius 2 is 1.12 bits per heavy atom. The number of carbonyl (C=O) groups is 5. The zero-order chi connectivity index (χ0) is 14.0. The zero-order valence-corrected chi connectivity index (χ0v) is 10.1. The lowest BCUT2D eigenvalue weighted by molar-refractivity contribution is -0.165. The van der Waals surface area contributed by atoms with Crippen LogP contribution in [0.2, 0.25) is 0 Å². The van der Waals surface area contributed by atoms with E-state index in [1.807, 2.05) is 0 Å². The Kier molecular flexibility index (Phi) is 4.44. The van der Waals surface area contributed by atoms with Gasteiger partial charge in [-0.2, -0.15) is 0 Å². The van der Waals surface area contributed by atoms with Gasteiger partial charge in [-0.15, -0.1) is 0 Å². The van der Waals surface area contributed by atoms with Crippen LogP contribution in [0.4, 0.5) is 0 Å². The SMILES string of the molecule is CC(=O)C(C(=O)O)C(C(C)=O)(C(C)=O)C(C)=O. The van der Waals surface area contributed by atoms with Crippen molar-refractivity contribution in [1.82, 2.24) is 0 Å². The molecule has 1 unspecified atom stereocenters. The fourth-order valence-corrected chi connectivity index (χ4v) is 2.02. The van der Waals surface area contributed by atoms with Gasteiger partial charge in [-0.3, -0.25) is 24.0 Å². The molecule has 0 heterocycles. The van der Waals surface area contributed by atoms with Crippen LogP contribution >= 0.6 is 0 Å². The Morgan fingerprint density at radius 1 is 0.824 bits per heavy atom. The molecule has 0 spiro atoms. The molecule has 0 fully saturated rings. The molecule has 1 N–H and O–H groups in total. The molecule has 1 atom stereocenters. The summed E-state index contributed by atoms with van der Waals surface area (Å²) in [6, 6.07) is 0. The minimum absolute atomic E-state index is 0.905. The summed E-state index contributed by atoms with van der Waals surface area (Å²) in [6.45, 7) is 3.73. The second kappa shape index (κ2) is 4.99. The van der Waals surface area contributed by atoms with Crippen LogP contribution < -0.4 is 0 Å². The van der Waals surface area contributed by atoms with E-state index in [0.29, 0.717) is 0 Å². The summed E-state index contributed by atoms with van der Waals surface area (Å²) >= 11 is 0. The van der Waals surface area contributed by atoms with Gasteiger partial charge in [0.15, 0.2) is 22.8 Å². The number of carboxylic acids is 1. The van der Waals surface area contributed by atoms with Gasteiger partial charge in [-0.05, 0) is 27.7 Å². The molecule has 17 heavy (non-hydrogen) atoms. The number of hydrogen-bond donors (Lipinski definition) is 1. The zero-order valence-electron chi connectivity index (χ0n) is 10.1. The van der Waals surface area contributed by atoms with Crippen LogP contribution in [0.1, 0.15) is 27.7 Å². The van der Waals surface area contributed by atoms with Crippen LogP contribution in [0.5, 0.6) is 0 Å². The first-order valence-corrected chi connectivity index (χ1v) is 4.86. The summed E-state index contributed by atoms with van der Waals surface area (Å²) in [4.78, 5) is 57.0. The molecule has 0 radical (unpaired) electrons. The van der Waals surface area contributed by atoms with Crippen LogP contribution in [0, 0.1) is 11.3 Å². The highest BCUT2D eigenvalue weighted by Crippen LogP contribution is 2.33. The molecule has 0 bridgehead atoms. The van der Waals surface area contributed by atoms with Crippen LogP contribution in [0.3, 0.4) is 0 Å². The third-order valence-electron chi connectivity index (χ3n) is 2.75. The van der Waals surface area contributed by atoms with Gasteiger partial charge >= 0.3 is 5.97 Å². The molecule has 0 aromatic carbocycles. The number of ketones is 4. The fraction of sp³-hybridized carbons (Fsp3) is 0.545. The predicted octanol–water partition coefficient (Wildman–Crippen LogP) is 0.0296. The molecule has 0 amide bonds. The average Bonchev–Trinajstić information content (AvgIpc) is 2.09. The van der Waals surface area contributed by atoms with Crippen molar-refractivity contribution in [2.24, 2.45) is 11.3 Å². The van der Waals surface area contributed by atoms with Crippen molar-refractivity contribution in [2.75, 3.05) is 0 Å². The lowest BCUT2D eigenvalue weighted by Crippen LogP contribution is -2.54. The highest BCUT2D eigenvalue weighted by molar-refractivity contribution is 6.28. The summed E-state index contributed by atoms with van der Waals surface area (Å²) in [5.74, 6) is -7.31. The number of carbonyl (C=O) groups excluding carboxylic acids is 4. The van der Waals surface area contributed by atoms with Crippen LogP contribution in [0.25, 0.3) is 0 Å². The Labute approximate surface area is 98.0 Å². The molecule has 6 heteroatoms. The third kappa shape index (κ3) is 2.30. The molecule has 0 aromatic rings. The highest BCUT2D eigenvalue weighted by atomic mass is 16.4. The van der Waals surface area contributed by atoms with Crippen molar-refractivity contribution in [3.8, 4) is 0 Å². The number of rotatable bonds is 6. The van der Waals surface area contributed by atoms with E-state index >= 15 is 0 Å². The van der Waals surface area contributed by atoms with E-state index in [9.17, 15) is 24.0 Å². The van der Waals surface area contributed by atoms with Crippen molar-refractivity contribution >= 4 is 29.1 Å². The summed E-state index contributed by atoms with van der Waals surface area (Å²) < 4.78 is 0. The van der Waals surface area contributed by atoms with E-state index in [1.54, 1.807) is 0 Å². The predicted molar refractivity (Wildman–Crippen MR) is 56.3 cm³/mol. The van der Waals surface area contributed by atoms with Gasteiger partial charge in [-0.25, -0.2) is 0 Å². The first kappa shape index (κ1) is 15.2. The van der Waals surface area contributed by atoms with Crippen molar-refractivity contribution in [3.05, 3.63) is 0 Å². The van der Waals surface area contributed by atoms with Gasteiger partial charge < -0.3 is 5.11 Å². The van der Waals surface area contributed by atoms with Crippen molar-refractivity contribution in [2.45, 2.75) is 27.7 Å². The minimum atomic E-state index is -2.41. The van der Waals surface area contributed by atoms with Crippen molar-refractivity contribution < 1.29 is 29.1 Å². The normalized spacial score (nSPS) is 12.7. The van der Waals surface area contributed by atoms with E-state index in [4.69, 9.17) is 5.11 Å². The first-order chi connectivity index (χ1) is 7.59. The Morgan fingerprint density at radius 3 is 1.18 bits per heavy atom. The van der Waals surface area contributed by atoms with E-state index in [-0.39, 0.29) is 0 Å². The molecule has 6 nitrogen and oxygen atoms in total. The molecule has 0 aromatic heterocycles. The number of aliphatic carboxylic acids is 1. The molecule has 0 saturated carbocycles. The van der Waals surface area contributed by atoms with E-state index in [0.717, 1.165) is 27.7 Å².